The van der Waals surface area contributed by atoms with Crippen LogP contribution in [0.3, 0.4) is 0 Å². The first-order valence-electron chi connectivity index (χ1n) is 6.73. The molecule has 0 saturated heterocycles. The SMILES string of the molecule is CCn1nc(C)c(Cl)c1CC(N)Cc1ccc(F)cc1. The van der Waals surface area contributed by atoms with Crippen LogP contribution in [0.25, 0.3) is 0 Å². The van der Waals surface area contributed by atoms with Gasteiger partial charge in [0.1, 0.15) is 5.82 Å². The quantitative estimate of drug-likeness (QED) is 0.921. The molecule has 108 valence electrons. The molecule has 0 aliphatic carbocycles. The van der Waals surface area contributed by atoms with Gasteiger partial charge in [-0.15, -0.1) is 0 Å². The van der Waals surface area contributed by atoms with E-state index in [1.807, 2.05) is 18.5 Å². The zero-order valence-corrected chi connectivity index (χ0v) is 12.5. The molecule has 20 heavy (non-hydrogen) atoms. The molecular formula is C15H19ClFN3. The van der Waals surface area contributed by atoms with Crippen molar-refractivity contribution in [3.63, 3.8) is 0 Å². The largest absolute Gasteiger partial charge is 0.327 e. The van der Waals surface area contributed by atoms with Gasteiger partial charge in [-0.3, -0.25) is 4.68 Å². The molecule has 0 spiro atoms. The van der Waals surface area contributed by atoms with Crippen LogP contribution in [-0.2, 0) is 19.4 Å². The van der Waals surface area contributed by atoms with Crippen molar-refractivity contribution in [2.75, 3.05) is 0 Å². The van der Waals surface area contributed by atoms with Gasteiger partial charge in [-0.1, -0.05) is 23.7 Å². The molecule has 0 aliphatic rings. The highest BCUT2D eigenvalue weighted by Gasteiger charge is 2.16. The highest BCUT2D eigenvalue weighted by Crippen LogP contribution is 2.22. The fraction of sp³-hybridized carbons (Fsp3) is 0.400. The van der Waals surface area contributed by atoms with Gasteiger partial charge in [0.2, 0.25) is 0 Å². The standard InChI is InChI=1S/C15H19ClFN3/c1-3-20-14(15(16)10(2)19-20)9-13(18)8-11-4-6-12(17)7-5-11/h4-7,13H,3,8-9,18H2,1-2H3. The second-order valence-corrected chi connectivity index (χ2v) is 5.33. The van der Waals surface area contributed by atoms with Gasteiger partial charge in [0.05, 0.1) is 16.4 Å². The van der Waals surface area contributed by atoms with Crippen molar-refractivity contribution in [2.45, 2.75) is 39.3 Å². The molecule has 3 nitrogen and oxygen atoms in total. The van der Waals surface area contributed by atoms with Crippen molar-refractivity contribution in [3.8, 4) is 0 Å². The van der Waals surface area contributed by atoms with E-state index in [-0.39, 0.29) is 11.9 Å². The van der Waals surface area contributed by atoms with Crippen molar-refractivity contribution in [1.29, 1.82) is 0 Å². The molecule has 1 heterocycles. The summed E-state index contributed by atoms with van der Waals surface area (Å²) in [5, 5.41) is 5.08. The Balaban J connectivity index is 2.08. The molecule has 2 aromatic rings. The maximum Gasteiger partial charge on any atom is 0.123 e. The average molecular weight is 296 g/mol. The molecule has 1 atom stereocenters. The van der Waals surface area contributed by atoms with Gasteiger partial charge >= 0.3 is 0 Å². The summed E-state index contributed by atoms with van der Waals surface area (Å²) in [7, 11) is 0. The number of halogens is 2. The molecule has 2 N–H and O–H groups in total. The van der Waals surface area contributed by atoms with Gasteiger partial charge in [0, 0.05) is 19.0 Å². The van der Waals surface area contributed by atoms with Gasteiger partial charge in [-0.2, -0.15) is 5.10 Å². The van der Waals surface area contributed by atoms with Crippen molar-refractivity contribution < 1.29 is 4.39 Å². The number of hydrogen-bond acceptors (Lipinski definition) is 2. The van der Waals surface area contributed by atoms with Gasteiger partial charge in [0.25, 0.3) is 0 Å². The number of aryl methyl sites for hydroxylation is 2. The monoisotopic (exact) mass is 295 g/mol. The number of rotatable bonds is 5. The minimum Gasteiger partial charge on any atom is -0.327 e. The van der Waals surface area contributed by atoms with Crippen LogP contribution in [-0.4, -0.2) is 15.8 Å². The molecule has 0 amide bonds. The molecule has 0 aliphatic heterocycles. The van der Waals surface area contributed by atoms with Crippen LogP contribution in [0, 0.1) is 12.7 Å². The summed E-state index contributed by atoms with van der Waals surface area (Å²) in [5.41, 5.74) is 9.01. The van der Waals surface area contributed by atoms with Gasteiger partial charge < -0.3 is 5.73 Å². The predicted molar refractivity (Wildman–Crippen MR) is 79.4 cm³/mol. The summed E-state index contributed by atoms with van der Waals surface area (Å²) < 4.78 is 14.8. The van der Waals surface area contributed by atoms with E-state index in [4.69, 9.17) is 17.3 Å². The summed E-state index contributed by atoms with van der Waals surface area (Å²) in [6.45, 7) is 4.69. The third-order valence-electron chi connectivity index (χ3n) is 3.32. The first-order chi connectivity index (χ1) is 9.51. The average Bonchev–Trinajstić information content (AvgIpc) is 2.69. The van der Waals surface area contributed by atoms with E-state index in [2.05, 4.69) is 5.10 Å². The number of aromatic nitrogens is 2. The van der Waals surface area contributed by atoms with Gasteiger partial charge in [0.15, 0.2) is 0 Å². The lowest BCUT2D eigenvalue weighted by molar-refractivity contribution is 0.573. The number of hydrogen-bond donors (Lipinski definition) is 1. The minimum atomic E-state index is -0.231. The Labute approximate surface area is 123 Å². The second-order valence-electron chi connectivity index (χ2n) is 4.96. The lowest BCUT2D eigenvalue weighted by atomic mass is 10.0. The van der Waals surface area contributed by atoms with Crippen LogP contribution in [0.1, 0.15) is 23.9 Å². The topological polar surface area (TPSA) is 43.8 Å². The van der Waals surface area contributed by atoms with E-state index in [1.54, 1.807) is 12.1 Å². The molecule has 5 heteroatoms. The zero-order valence-electron chi connectivity index (χ0n) is 11.7. The lowest BCUT2D eigenvalue weighted by Crippen LogP contribution is -2.27. The Kier molecular flexibility index (Phi) is 4.78. The molecule has 0 fully saturated rings. The van der Waals surface area contributed by atoms with Crippen LogP contribution >= 0.6 is 11.6 Å². The summed E-state index contributed by atoms with van der Waals surface area (Å²) in [4.78, 5) is 0. The van der Waals surface area contributed by atoms with E-state index in [1.165, 1.54) is 12.1 Å². The zero-order chi connectivity index (χ0) is 14.7. The molecule has 2 rings (SSSR count). The molecule has 1 aromatic carbocycles. The summed E-state index contributed by atoms with van der Waals surface area (Å²) in [6.07, 6.45) is 1.34. The van der Waals surface area contributed by atoms with Crippen LogP contribution in [0.4, 0.5) is 4.39 Å². The molecule has 0 saturated carbocycles. The molecule has 0 radical (unpaired) electrons. The molecule has 1 aromatic heterocycles. The van der Waals surface area contributed by atoms with Crippen molar-refractivity contribution in [1.82, 2.24) is 9.78 Å². The smallest absolute Gasteiger partial charge is 0.123 e. The molecular weight excluding hydrogens is 277 g/mol. The maximum absolute atomic E-state index is 12.9. The fourth-order valence-electron chi connectivity index (χ4n) is 2.31. The molecule has 0 bridgehead atoms. The predicted octanol–water partition coefficient (Wildman–Crippen LogP) is 3.12. The van der Waals surface area contributed by atoms with Crippen LogP contribution < -0.4 is 5.73 Å². The highest BCUT2D eigenvalue weighted by molar-refractivity contribution is 6.31. The summed E-state index contributed by atoms with van der Waals surface area (Å²) in [6, 6.07) is 6.36. The van der Waals surface area contributed by atoms with Crippen molar-refractivity contribution in [2.24, 2.45) is 5.73 Å². The van der Waals surface area contributed by atoms with E-state index >= 15 is 0 Å². The third-order valence-corrected chi connectivity index (χ3v) is 3.81. The lowest BCUT2D eigenvalue weighted by Gasteiger charge is -2.13. The normalized spacial score (nSPS) is 12.7. The fourth-order valence-corrected chi connectivity index (χ4v) is 2.52. The van der Waals surface area contributed by atoms with Gasteiger partial charge in [-0.25, -0.2) is 4.39 Å². The van der Waals surface area contributed by atoms with E-state index in [0.29, 0.717) is 17.9 Å². The third kappa shape index (κ3) is 3.38. The van der Waals surface area contributed by atoms with Crippen molar-refractivity contribution in [3.05, 3.63) is 52.1 Å². The van der Waals surface area contributed by atoms with Gasteiger partial charge in [-0.05, 0) is 38.0 Å². The van der Waals surface area contributed by atoms with Crippen molar-refractivity contribution >= 4 is 11.6 Å². The van der Waals surface area contributed by atoms with E-state index < -0.39 is 0 Å². The van der Waals surface area contributed by atoms with E-state index in [0.717, 1.165) is 23.5 Å². The minimum absolute atomic E-state index is 0.0700. The first-order valence-corrected chi connectivity index (χ1v) is 7.10. The highest BCUT2D eigenvalue weighted by atomic mass is 35.5. The number of nitrogens with zero attached hydrogens (tertiary/aromatic N) is 2. The number of nitrogens with two attached hydrogens (primary N) is 1. The first kappa shape index (κ1) is 15.0. The number of benzene rings is 1. The van der Waals surface area contributed by atoms with E-state index in [9.17, 15) is 4.39 Å². The second kappa shape index (κ2) is 6.37. The Morgan fingerprint density at radius 2 is 1.95 bits per heavy atom. The van der Waals surface area contributed by atoms with Crippen LogP contribution in [0.2, 0.25) is 5.02 Å². The Morgan fingerprint density at radius 3 is 2.55 bits per heavy atom. The Hall–Kier alpha value is -1.39. The summed E-state index contributed by atoms with van der Waals surface area (Å²) in [5.74, 6) is -0.231. The Bertz CT molecular complexity index is 578. The maximum atomic E-state index is 12.9. The Morgan fingerprint density at radius 1 is 1.30 bits per heavy atom. The van der Waals surface area contributed by atoms with Crippen LogP contribution in [0.15, 0.2) is 24.3 Å². The summed E-state index contributed by atoms with van der Waals surface area (Å²) >= 11 is 6.27. The van der Waals surface area contributed by atoms with Crippen LogP contribution in [0.5, 0.6) is 0 Å². The molecule has 1 unspecified atom stereocenters.